The van der Waals surface area contributed by atoms with Gasteiger partial charge in [-0.3, -0.25) is 0 Å². The third-order valence-electron chi connectivity index (χ3n) is 1.38. The van der Waals surface area contributed by atoms with Crippen LogP contribution in [0.15, 0.2) is 0 Å². The molecule has 0 saturated carbocycles. The van der Waals surface area contributed by atoms with Crippen molar-refractivity contribution < 1.29 is 52.7 Å². The molecule has 8 heteroatoms. The molecule has 0 spiro atoms. The van der Waals surface area contributed by atoms with Gasteiger partial charge in [-0.05, 0) is 6.10 Å². The first kappa shape index (κ1) is 20.2. The monoisotopic (exact) mass is 457 g/mol. The second-order valence-corrected chi connectivity index (χ2v) is 2.29. The predicted molar refractivity (Wildman–Crippen MR) is 44.0 cm³/mol. The maximum absolute atomic E-state index is 9.77. The summed E-state index contributed by atoms with van der Waals surface area (Å²) in [5, 5.41) is 43.4. The summed E-state index contributed by atoms with van der Waals surface area (Å²) < 4.78 is 0. The third kappa shape index (κ3) is 6.26. The molecule has 5 N–H and O–H groups in total. The number of aliphatic hydroxyl groups is 5. The van der Waals surface area contributed by atoms with Crippen LogP contribution in [0.2, 0.25) is 0 Å². The van der Waals surface area contributed by atoms with Crippen molar-refractivity contribution in [2.75, 3.05) is 6.61 Å². The van der Waals surface area contributed by atoms with E-state index in [4.69, 9.17) is 25.5 Å². The third-order valence-corrected chi connectivity index (χ3v) is 1.38. The van der Waals surface area contributed by atoms with Crippen LogP contribution in [0.3, 0.4) is 0 Å². The van der Waals surface area contributed by atoms with Gasteiger partial charge in [-0.2, -0.15) is 0 Å². The molecule has 89 valence electrons. The molecule has 0 unspecified atom stereocenters. The minimum absolute atomic E-state index is 0. The molecule has 0 saturated heterocycles. The van der Waals surface area contributed by atoms with Crippen LogP contribution >= 0.6 is 0 Å². The van der Waals surface area contributed by atoms with Gasteiger partial charge < -0.3 is 30.3 Å². The molecular formula is C6H12AuO6Se. The Bertz CT molecular complexity index is 148. The van der Waals surface area contributed by atoms with Crippen molar-refractivity contribution in [2.24, 2.45) is 0 Å². The van der Waals surface area contributed by atoms with Gasteiger partial charge in [-0.15, -0.1) is 0 Å². The molecule has 1 radical (unpaired) electrons. The van der Waals surface area contributed by atoms with Crippen LogP contribution in [0.1, 0.15) is 0 Å². The van der Waals surface area contributed by atoms with E-state index in [1.165, 1.54) is 0 Å². The van der Waals surface area contributed by atoms with E-state index in [0.717, 1.165) is 6.29 Å². The van der Waals surface area contributed by atoms with Crippen LogP contribution in [-0.2, 0) is 27.2 Å². The van der Waals surface area contributed by atoms with Crippen molar-refractivity contribution in [3.63, 3.8) is 0 Å². The van der Waals surface area contributed by atoms with Crippen LogP contribution in [0, 0.1) is 0 Å². The number of hydrogen-bond acceptors (Lipinski definition) is 6. The van der Waals surface area contributed by atoms with Gasteiger partial charge in [0.15, 0.2) is 0 Å². The molecule has 0 aliphatic heterocycles. The van der Waals surface area contributed by atoms with Crippen molar-refractivity contribution in [1.82, 2.24) is 0 Å². The molecule has 0 bridgehead atoms. The van der Waals surface area contributed by atoms with E-state index in [1.807, 2.05) is 0 Å². The van der Waals surface area contributed by atoms with Crippen molar-refractivity contribution in [2.45, 2.75) is 24.4 Å². The number of aliphatic hydroxyl groups excluding tert-OH is 5. The summed E-state index contributed by atoms with van der Waals surface area (Å²) in [4.78, 5) is 9.77. The molecule has 0 aliphatic rings. The van der Waals surface area contributed by atoms with Crippen LogP contribution in [0.5, 0.6) is 0 Å². The van der Waals surface area contributed by atoms with Crippen molar-refractivity contribution in [1.29, 1.82) is 0 Å². The van der Waals surface area contributed by atoms with Gasteiger partial charge in [0.25, 0.3) is 0 Å². The first-order valence-corrected chi connectivity index (χ1v) is 3.25. The van der Waals surface area contributed by atoms with Crippen molar-refractivity contribution >= 4 is 23.4 Å². The SMILES string of the molecule is O=[C-][C@@H](O)[C@@H](O)[C@H](O)[C@H](O)CO.[Au+].[SeH]. The van der Waals surface area contributed by atoms with E-state index >= 15 is 0 Å². The Kier molecular flexibility index (Phi) is 14.8. The number of hydrogen-bond donors (Lipinski definition) is 5. The zero-order valence-electron chi connectivity index (χ0n) is 6.91. The molecule has 0 rings (SSSR count). The van der Waals surface area contributed by atoms with Gasteiger partial charge in [-0.1, -0.05) is 0 Å². The van der Waals surface area contributed by atoms with Crippen LogP contribution in [0.4, 0.5) is 0 Å². The summed E-state index contributed by atoms with van der Waals surface area (Å²) in [7, 11) is 0. The Balaban J connectivity index is -0.000000605. The fourth-order valence-corrected chi connectivity index (χ4v) is 0.592. The molecule has 0 aromatic carbocycles. The summed E-state index contributed by atoms with van der Waals surface area (Å²) in [6.45, 7) is -0.774. The second-order valence-electron chi connectivity index (χ2n) is 2.29. The fraction of sp³-hybridized carbons (Fsp3) is 0.833. The maximum atomic E-state index is 9.77. The molecule has 14 heavy (non-hydrogen) atoms. The van der Waals surface area contributed by atoms with Crippen LogP contribution in [0.25, 0.3) is 0 Å². The Labute approximate surface area is 107 Å². The van der Waals surface area contributed by atoms with E-state index in [0.29, 0.717) is 0 Å². The molecule has 0 heterocycles. The van der Waals surface area contributed by atoms with E-state index in [1.54, 1.807) is 0 Å². The average Bonchev–Trinajstić information content (AvgIpc) is 2.12. The standard InChI is InChI=1S/C6H11O6.Au.HSe/c7-1-3(9)5(11)6(12)4(10)2-8;;/h3-7,9-12H,1H2;;1H/q-1;+1;/t3-,4-,5-,6-;;/m1../s1. The molecule has 0 fully saturated rings. The second kappa shape index (κ2) is 10.3. The molecule has 6 nitrogen and oxygen atoms in total. The Morgan fingerprint density at radius 3 is 1.79 bits per heavy atom. The summed E-state index contributed by atoms with van der Waals surface area (Å²) >= 11 is 0. The van der Waals surface area contributed by atoms with Gasteiger partial charge in [-0.25, -0.2) is 6.29 Å². The normalized spacial score (nSPS) is 18.1. The van der Waals surface area contributed by atoms with E-state index in [-0.39, 0.29) is 39.4 Å². The summed E-state index contributed by atoms with van der Waals surface area (Å²) in [6.07, 6.45) is -6.07. The summed E-state index contributed by atoms with van der Waals surface area (Å²) in [5.41, 5.74) is 0. The molecule has 0 aliphatic carbocycles. The van der Waals surface area contributed by atoms with Crippen molar-refractivity contribution in [3.05, 3.63) is 0 Å². The van der Waals surface area contributed by atoms with Crippen LogP contribution in [-0.4, -0.2) is 79.9 Å². The van der Waals surface area contributed by atoms with Gasteiger partial charge in [0, 0.05) is 0 Å². The topological polar surface area (TPSA) is 118 Å². The van der Waals surface area contributed by atoms with E-state index in [2.05, 4.69) is 0 Å². The first-order valence-electron chi connectivity index (χ1n) is 3.25. The Morgan fingerprint density at radius 1 is 1.07 bits per heavy atom. The quantitative estimate of drug-likeness (QED) is 0.212. The zero-order chi connectivity index (χ0) is 9.72. The number of carbonyl (C=O) groups excluding carboxylic acids is 1. The van der Waals surface area contributed by atoms with E-state index in [9.17, 15) is 4.79 Å². The minimum atomic E-state index is -1.89. The molecule has 4 atom stereocenters. The number of rotatable bonds is 5. The summed E-state index contributed by atoms with van der Waals surface area (Å²) in [6, 6.07) is 0. The first-order chi connectivity index (χ1) is 5.54. The van der Waals surface area contributed by atoms with Crippen molar-refractivity contribution in [3.8, 4) is 0 Å². The zero-order valence-corrected chi connectivity index (χ0v) is 11.0. The average molecular weight is 456 g/mol. The Morgan fingerprint density at radius 2 is 1.50 bits per heavy atom. The Hall–Kier alpha value is 0.730. The van der Waals surface area contributed by atoms with Gasteiger partial charge >= 0.3 is 39.4 Å². The van der Waals surface area contributed by atoms with Crippen LogP contribution < -0.4 is 0 Å². The molecule has 0 aromatic heterocycles. The predicted octanol–water partition coefficient (Wildman–Crippen LogP) is -4.12. The molecule has 0 aromatic rings. The van der Waals surface area contributed by atoms with Gasteiger partial charge in [0.05, 0.1) is 12.7 Å². The van der Waals surface area contributed by atoms with Gasteiger partial charge in [0.2, 0.25) is 0 Å². The van der Waals surface area contributed by atoms with Gasteiger partial charge in [0.1, 0.15) is 12.2 Å². The fourth-order valence-electron chi connectivity index (χ4n) is 0.592. The van der Waals surface area contributed by atoms with E-state index < -0.39 is 31.0 Å². The molecule has 0 amide bonds. The summed E-state index contributed by atoms with van der Waals surface area (Å²) in [5.74, 6) is 0. The molecular weight excluding hydrogens is 444 g/mol.